The summed E-state index contributed by atoms with van der Waals surface area (Å²) < 4.78 is 32.5. The Morgan fingerprint density at radius 1 is 1.14 bits per heavy atom. The molecule has 0 spiro atoms. The zero-order chi connectivity index (χ0) is 26.5. The molecule has 0 aliphatic rings. The molecule has 1 aromatic heterocycles. The van der Waals surface area contributed by atoms with Gasteiger partial charge in [-0.2, -0.15) is 0 Å². The highest BCUT2D eigenvalue weighted by molar-refractivity contribution is 7.62. The van der Waals surface area contributed by atoms with Gasteiger partial charge in [-0.25, -0.2) is 4.39 Å². The molecule has 3 aromatic rings. The number of aliphatic carboxylic acids is 1. The topological polar surface area (TPSA) is 96.7 Å². The minimum atomic E-state index is -3.51. The van der Waals surface area contributed by atoms with E-state index in [1.807, 2.05) is 57.2 Å². The molecule has 36 heavy (non-hydrogen) atoms. The first-order chi connectivity index (χ1) is 17.0. The Hall–Kier alpha value is -3.12. The van der Waals surface area contributed by atoms with Gasteiger partial charge in [-0.3, -0.25) is 14.3 Å². The fourth-order valence-electron chi connectivity index (χ4n) is 4.04. The van der Waals surface area contributed by atoms with Crippen molar-refractivity contribution in [2.45, 2.75) is 39.2 Å². The number of nitrogens with zero attached hydrogens (tertiary/aromatic N) is 1. The number of aliphatic hydroxyl groups excluding tert-OH is 1. The largest absolute Gasteiger partial charge is 0.481 e. The molecule has 0 aliphatic heterocycles. The normalized spacial score (nSPS) is 14.2. The van der Waals surface area contributed by atoms with Gasteiger partial charge in [0.1, 0.15) is 5.82 Å². The Kier molecular flexibility index (Phi) is 8.96. The number of carbonyl (C=O) groups is 1. The lowest BCUT2D eigenvalue weighted by Gasteiger charge is -2.19. The Morgan fingerprint density at radius 3 is 2.42 bits per heavy atom. The molecule has 3 rings (SSSR count). The summed E-state index contributed by atoms with van der Waals surface area (Å²) in [6.07, 6.45) is -0.525. The number of hydrogen-bond donors (Lipinski definition) is 2. The van der Waals surface area contributed by atoms with Gasteiger partial charge >= 0.3 is 5.97 Å². The molecule has 0 amide bonds. The first kappa shape index (κ1) is 27.5. The van der Waals surface area contributed by atoms with Crippen LogP contribution in [0.4, 0.5) is 4.39 Å². The maximum absolute atomic E-state index is 13.9. The summed E-state index contributed by atoms with van der Waals surface area (Å²) in [5.41, 5.74) is 5.45. The van der Waals surface area contributed by atoms with Crippen LogP contribution >= 0.6 is 7.37 Å². The van der Waals surface area contributed by atoms with Gasteiger partial charge in [-0.05, 0) is 53.8 Å². The van der Waals surface area contributed by atoms with Gasteiger partial charge < -0.3 is 14.7 Å². The molecular formula is C28H31FNO5P. The van der Waals surface area contributed by atoms with E-state index in [1.165, 1.54) is 25.1 Å². The van der Waals surface area contributed by atoms with Crippen LogP contribution in [0.25, 0.3) is 28.5 Å². The second kappa shape index (κ2) is 11.7. The second-order valence-corrected chi connectivity index (χ2v) is 11.5. The van der Waals surface area contributed by atoms with Crippen molar-refractivity contribution >= 4 is 19.4 Å². The van der Waals surface area contributed by atoms with Gasteiger partial charge in [0.25, 0.3) is 0 Å². The molecule has 0 saturated heterocycles. The molecule has 2 atom stereocenters. The maximum atomic E-state index is 13.9. The minimum absolute atomic E-state index is 0.00709. The number of aryl methyl sites for hydroxylation is 1. The highest BCUT2D eigenvalue weighted by atomic mass is 31.2. The van der Waals surface area contributed by atoms with Crippen LogP contribution in [0.5, 0.6) is 0 Å². The standard InChI is InChI=1S/C28H31FNO5P/c1-18(2)28-24(12-13-36(34,35-4)17-22(31)15-27(32)33)25(23-11-10-21(29)14-19(23)3)16-26(30-28)20-8-6-5-7-9-20/h5-14,16,18,22,31H,15,17H2,1-4H3,(H,32,33). The number of pyridine rings is 1. The molecule has 0 radical (unpaired) electrons. The van der Waals surface area contributed by atoms with E-state index < -0.39 is 25.9 Å². The average Bonchev–Trinajstić information content (AvgIpc) is 2.82. The van der Waals surface area contributed by atoms with Crippen molar-refractivity contribution in [3.63, 3.8) is 0 Å². The van der Waals surface area contributed by atoms with E-state index in [-0.39, 0.29) is 17.9 Å². The van der Waals surface area contributed by atoms with Gasteiger partial charge in [0, 0.05) is 24.1 Å². The predicted octanol–water partition coefficient (Wildman–Crippen LogP) is 6.72. The Labute approximate surface area is 210 Å². The summed E-state index contributed by atoms with van der Waals surface area (Å²) in [7, 11) is -2.24. The molecule has 190 valence electrons. The van der Waals surface area contributed by atoms with Gasteiger partial charge in [-0.1, -0.05) is 50.2 Å². The van der Waals surface area contributed by atoms with Crippen molar-refractivity contribution in [3.05, 3.63) is 83.1 Å². The first-order valence-electron chi connectivity index (χ1n) is 11.6. The van der Waals surface area contributed by atoms with Gasteiger partial charge in [0.05, 0.1) is 30.1 Å². The summed E-state index contributed by atoms with van der Waals surface area (Å²) in [4.78, 5) is 15.9. The van der Waals surface area contributed by atoms with Crippen LogP contribution in [0.15, 0.2) is 60.4 Å². The number of halogens is 1. The SMILES string of the molecule is COP(=O)(C=Cc1c(-c2ccc(F)cc2C)cc(-c2ccccc2)nc1C(C)C)CC(O)CC(=O)O. The van der Waals surface area contributed by atoms with Crippen LogP contribution in [0.3, 0.4) is 0 Å². The molecule has 2 unspecified atom stereocenters. The highest BCUT2D eigenvalue weighted by Gasteiger charge is 2.25. The number of aromatic nitrogens is 1. The molecule has 0 aliphatic carbocycles. The highest BCUT2D eigenvalue weighted by Crippen LogP contribution is 2.50. The number of aliphatic hydroxyl groups is 1. The molecule has 8 heteroatoms. The molecule has 0 saturated carbocycles. The number of hydrogen-bond acceptors (Lipinski definition) is 5. The van der Waals surface area contributed by atoms with Crippen LogP contribution in [0.2, 0.25) is 0 Å². The smallest absolute Gasteiger partial charge is 0.305 e. The van der Waals surface area contributed by atoms with Crippen LogP contribution in [0, 0.1) is 12.7 Å². The second-order valence-electron chi connectivity index (χ2n) is 8.99. The van der Waals surface area contributed by atoms with Crippen LogP contribution in [-0.2, 0) is 13.9 Å². The summed E-state index contributed by atoms with van der Waals surface area (Å²) >= 11 is 0. The summed E-state index contributed by atoms with van der Waals surface area (Å²) in [6, 6.07) is 16.2. The zero-order valence-electron chi connectivity index (χ0n) is 20.8. The first-order valence-corrected chi connectivity index (χ1v) is 13.5. The summed E-state index contributed by atoms with van der Waals surface area (Å²) in [6.45, 7) is 5.83. The molecule has 0 bridgehead atoms. The molecule has 2 N–H and O–H groups in total. The number of carboxylic acids is 1. The van der Waals surface area contributed by atoms with E-state index in [0.29, 0.717) is 5.56 Å². The summed E-state index contributed by atoms with van der Waals surface area (Å²) in [5.74, 6) is -0.143. The lowest BCUT2D eigenvalue weighted by atomic mass is 9.90. The third-order valence-corrected chi connectivity index (χ3v) is 7.99. The van der Waals surface area contributed by atoms with Crippen LogP contribution < -0.4 is 0 Å². The lowest BCUT2D eigenvalue weighted by molar-refractivity contribution is -0.138. The van der Waals surface area contributed by atoms with Gasteiger partial charge in [0.15, 0.2) is 0 Å². The monoisotopic (exact) mass is 511 g/mol. The Bertz CT molecular complexity index is 1310. The summed E-state index contributed by atoms with van der Waals surface area (Å²) in [5, 5.41) is 19.0. The van der Waals surface area contributed by atoms with Crippen LogP contribution in [0.1, 0.15) is 43.0 Å². The Balaban J connectivity index is 2.22. The van der Waals surface area contributed by atoms with E-state index in [0.717, 1.165) is 33.6 Å². The minimum Gasteiger partial charge on any atom is -0.481 e. The van der Waals surface area contributed by atoms with Crippen molar-refractivity contribution in [2.24, 2.45) is 0 Å². The molecule has 2 aromatic carbocycles. The number of carboxylic acid groups (broad SMARTS) is 1. The van der Waals surface area contributed by atoms with E-state index in [1.54, 1.807) is 12.1 Å². The van der Waals surface area contributed by atoms with Crippen LogP contribution in [-0.4, -0.2) is 40.5 Å². The van der Waals surface area contributed by atoms with Crippen molar-refractivity contribution in [1.82, 2.24) is 4.98 Å². The maximum Gasteiger partial charge on any atom is 0.305 e. The van der Waals surface area contributed by atoms with Gasteiger partial charge in [-0.15, -0.1) is 0 Å². The molecule has 6 nitrogen and oxygen atoms in total. The molecule has 0 fully saturated rings. The quantitative estimate of drug-likeness (QED) is 0.294. The average molecular weight is 512 g/mol. The van der Waals surface area contributed by atoms with Crippen molar-refractivity contribution in [2.75, 3.05) is 13.3 Å². The van der Waals surface area contributed by atoms with E-state index in [4.69, 9.17) is 14.6 Å². The predicted molar refractivity (Wildman–Crippen MR) is 141 cm³/mol. The lowest BCUT2D eigenvalue weighted by Crippen LogP contribution is -2.17. The van der Waals surface area contributed by atoms with Crippen molar-refractivity contribution in [3.8, 4) is 22.4 Å². The van der Waals surface area contributed by atoms with Crippen molar-refractivity contribution in [1.29, 1.82) is 0 Å². The third kappa shape index (κ3) is 6.76. The fraction of sp³-hybridized carbons (Fsp3) is 0.286. The number of rotatable bonds is 10. The van der Waals surface area contributed by atoms with E-state index in [2.05, 4.69) is 0 Å². The van der Waals surface area contributed by atoms with Gasteiger partial charge in [0.2, 0.25) is 7.37 Å². The molecular weight excluding hydrogens is 480 g/mol. The van der Waals surface area contributed by atoms with E-state index >= 15 is 0 Å². The third-order valence-electron chi connectivity index (χ3n) is 5.84. The molecule has 1 heterocycles. The Morgan fingerprint density at radius 2 is 1.83 bits per heavy atom. The fourth-order valence-corrected chi connectivity index (χ4v) is 5.53. The van der Waals surface area contributed by atoms with E-state index in [9.17, 15) is 18.9 Å². The number of benzene rings is 2. The zero-order valence-corrected chi connectivity index (χ0v) is 21.7. The van der Waals surface area contributed by atoms with Crippen molar-refractivity contribution < 1.29 is 28.5 Å².